The van der Waals surface area contributed by atoms with Crippen LogP contribution in [-0.2, 0) is 0 Å². The maximum absolute atomic E-state index is 9.32. The average molecular weight is 300 g/mol. The maximum Gasteiger partial charge on any atom is 0.231 e. The van der Waals surface area contributed by atoms with Crippen molar-refractivity contribution in [2.24, 2.45) is 0 Å². The second kappa shape index (κ2) is 7.04. The van der Waals surface area contributed by atoms with E-state index in [4.69, 9.17) is 11.6 Å². The second-order valence-electron chi connectivity index (χ2n) is 5.31. The van der Waals surface area contributed by atoms with E-state index in [1.807, 2.05) is 14.1 Å². The molecule has 0 aliphatic heterocycles. The van der Waals surface area contributed by atoms with Gasteiger partial charge in [-0.15, -0.1) is 0 Å². The molecule has 0 atom stereocenters. The van der Waals surface area contributed by atoms with Crippen molar-refractivity contribution in [1.82, 2.24) is 15.0 Å². The zero-order chi connectivity index (χ0) is 14.5. The number of nitrogens with zero attached hydrogens (tertiary/aromatic N) is 5. The van der Waals surface area contributed by atoms with Crippen LogP contribution >= 0.6 is 11.6 Å². The van der Waals surface area contributed by atoms with E-state index in [0.29, 0.717) is 24.5 Å². The Morgan fingerprint density at radius 1 is 1.10 bits per heavy atom. The fourth-order valence-electron chi connectivity index (χ4n) is 2.60. The summed E-state index contributed by atoms with van der Waals surface area (Å²) in [6.07, 6.45) is 5.93. The summed E-state index contributed by atoms with van der Waals surface area (Å²) in [6.45, 7) is 0.606. The van der Waals surface area contributed by atoms with Gasteiger partial charge in [0.05, 0.1) is 6.61 Å². The molecule has 112 valence electrons. The van der Waals surface area contributed by atoms with Crippen molar-refractivity contribution in [2.75, 3.05) is 37.0 Å². The first-order valence-electron chi connectivity index (χ1n) is 7.08. The highest BCUT2D eigenvalue weighted by Gasteiger charge is 2.24. The van der Waals surface area contributed by atoms with Crippen LogP contribution in [0.25, 0.3) is 0 Å². The molecule has 0 saturated heterocycles. The Balaban J connectivity index is 2.27. The van der Waals surface area contributed by atoms with Crippen molar-refractivity contribution in [3.8, 4) is 0 Å². The van der Waals surface area contributed by atoms with Crippen LogP contribution in [0.1, 0.15) is 32.1 Å². The lowest BCUT2D eigenvalue weighted by atomic mass is 9.94. The van der Waals surface area contributed by atoms with E-state index in [0.717, 1.165) is 12.8 Å². The van der Waals surface area contributed by atoms with Gasteiger partial charge in [0.25, 0.3) is 0 Å². The van der Waals surface area contributed by atoms with Gasteiger partial charge in [-0.1, -0.05) is 19.3 Å². The normalized spacial score (nSPS) is 16.2. The van der Waals surface area contributed by atoms with Gasteiger partial charge in [0.15, 0.2) is 0 Å². The number of halogens is 1. The highest BCUT2D eigenvalue weighted by molar-refractivity contribution is 6.28. The molecular formula is C13H22ClN5O. The van der Waals surface area contributed by atoms with Gasteiger partial charge in [-0.25, -0.2) is 0 Å². The summed E-state index contributed by atoms with van der Waals surface area (Å²) in [6, 6.07) is 0.379. The smallest absolute Gasteiger partial charge is 0.231 e. The van der Waals surface area contributed by atoms with Gasteiger partial charge in [-0.2, -0.15) is 15.0 Å². The van der Waals surface area contributed by atoms with Crippen LogP contribution < -0.4 is 9.80 Å². The maximum atomic E-state index is 9.32. The molecule has 0 bridgehead atoms. The fraction of sp³-hybridized carbons (Fsp3) is 0.769. The molecule has 1 N–H and O–H groups in total. The largest absolute Gasteiger partial charge is 0.395 e. The van der Waals surface area contributed by atoms with E-state index >= 15 is 0 Å². The molecule has 1 fully saturated rings. The van der Waals surface area contributed by atoms with Crippen LogP contribution in [0.15, 0.2) is 0 Å². The van der Waals surface area contributed by atoms with Crippen LogP contribution in [0.4, 0.5) is 11.9 Å². The summed E-state index contributed by atoms with van der Waals surface area (Å²) >= 11 is 6.00. The summed E-state index contributed by atoms with van der Waals surface area (Å²) in [5, 5.41) is 9.51. The molecule has 7 heteroatoms. The number of hydrogen-bond donors (Lipinski definition) is 1. The quantitative estimate of drug-likeness (QED) is 0.893. The number of anilines is 2. The summed E-state index contributed by atoms with van der Waals surface area (Å²) < 4.78 is 0. The molecule has 1 heterocycles. The van der Waals surface area contributed by atoms with E-state index in [-0.39, 0.29) is 11.9 Å². The minimum Gasteiger partial charge on any atom is -0.395 e. The molecule has 20 heavy (non-hydrogen) atoms. The molecular weight excluding hydrogens is 278 g/mol. The third-order valence-corrected chi connectivity index (χ3v) is 3.77. The van der Waals surface area contributed by atoms with Crippen molar-refractivity contribution in [3.63, 3.8) is 0 Å². The van der Waals surface area contributed by atoms with Crippen molar-refractivity contribution in [1.29, 1.82) is 0 Å². The predicted molar refractivity (Wildman–Crippen MR) is 80.5 cm³/mol. The Morgan fingerprint density at radius 2 is 1.75 bits per heavy atom. The first-order valence-corrected chi connectivity index (χ1v) is 7.46. The molecule has 2 rings (SSSR count). The molecule has 1 aromatic rings. The van der Waals surface area contributed by atoms with Gasteiger partial charge in [0, 0.05) is 26.7 Å². The Hall–Kier alpha value is -1.14. The first-order chi connectivity index (χ1) is 9.61. The molecule has 1 aromatic heterocycles. The summed E-state index contributed by atoms with van der Waals surface area (Å²) in [5.41, 5.74) is 0. The number of aromatic nitrogens is 3. The van der Waals surface area contributed by atoms with Crippen LogP contribution in [0, 0.1) is 0 Å². The monoisotopic (exact) mass is 299 g/mol. The third-order valence-electron chi connectivity index (χ3n) is 3.60. The third kappa shape index (κ3) is 3.70. The Bertz CT molecular complexity index is 437. The van der Waals surface area contributed by atoms with Crippen molar-refractivity contribution >= 4 is 23.5 Å². The molecule has 1 aliphatic rings. The van der Waals surface area contributed by atoms with E-state index < -0.39 is 0 Å². The minimum absolute atomic E-state index is 0.0805. The predicted octanol–water partition coefficient (Wildman–Crippen LogP) is 1.72. The lowest BCUT2D eigenvalue weighted by Crippen LogP contribution is -2.40. The van der Waals surface area contributed by atoms with Crippen LogP contribution in [0.5, 0.6) is 0 Å². The second-order valence-corrected chi connectivity index (χ2v) is 5.65. The van der Waals surface area contributed by atoms with Gasteiger partial charge in [-0.05, 0) is 24.4 Å². The van der Waals surface area contributed by atoms with E-state index in [9.17, 15) is 5.11 Å². The zero-order valence-corrected chi connectivity index (χ0v) is 12.8. The van der Waals surface area contributed by atoms with Gasteiger partial charge < -0.3 is 14.9 Å². The standard InChI is InChI=1S/C13H22ClN5O/c1-18(2)12-15-11(14)16-13(17-12)19(8-9-20)10-6-4-3-5-7-10/h10,20H,3-9H2,1-2H3. The molecule has 1 aliphatic carbocycles. The topological polar surface area (TPSA) is 65.4 Å². The Labute approximate surface area is 124 Å². The average Bonchev–Trinajstić information content (AvgIpc) is 2.45. The van der Waals surface area contributed by atoms with Crippen LogP contribution in [0.3, 0.4) is 0 Å². The lowest BCUT2D eigenvalue weighted by Gasteiger charge is -2.34. The molecule has 0 radical (unpaired) electrons. The zero-order valence-electron chi connectivity index (χ0n) is 12.1. The Kier molecular flexibility index (Phi) is 5.37. The highest BCUT2D eigenvalue weighted by Crippen LogP contribution is 2.26. The van der Waals surface area contributed by atoms with E-state index in [1.165, 1.54) is 19.3 Å². The van der Waals surface area contributed by atoms with Crippen molar-refractivity contribution in [2.45, 2.75) is 38.1 Å². The molecule has 1 saturated carbocycles. The molecule has 0 aromatic carbocycles. The molecule has 0 unspecified atom stereocenters. The van der Waals surface area contributed by atoms with Crippen LogP contribution in [-0.4, -0.2) is 53.3 Å². The van der Waals surface area contributed by atoms with Crippen LogP contribution in [0.2, 0.25) is 5.28 Å². The number of hydrogen-bond acceptors (Lipinski definition) is 6. The van der Waals surface area contributed by atoms with Crippen molar-refractivity contribution in [3.05, 3.63) is 5.28 Å². The molecule has 0 amide bonds. The highest BCUT2D eigenvalue weighted by atomic mass is 35.5. The first kappa shape index (κ1) is 15.3. The van der Waals surface area contributed by atoms with E-state index in [1.54, 1.807) is 4.90 Å². The van der Waals surface area contributed by atoms with Gasteiger partial charge in [0.2, 0.25) is 17.2 Å². The SMILES string of the molecule is CN(C)c1nc(Cl)nc(N(CCO)C2CCCCC2)n1. The lowest BCUT2D eigenvalue weighted by molar-refractivity contribution is 0.288. The van der Waals surface area contributed by atoms with Gasteiger partial charge in [0.1, 0.15) is 0 Å². The molecule has 0 spiro atoms. The van der Waals surface area contributed by atoms with E-state index in [2.05, 4.69) is 19.9 Å². The fourth-order valence-corrected chi connectivity index (χ4v) is 2.76. The summed E-state index contributed by atoms with van der Waals surface area (Å²) in [5.74, 6) is 1.10. The molecule has 6 nitrogen and oxygen atoms in total. The number of aliphatic hydroxyl groups is 1. The van der Waals surface area contributed by atoms with Gasteiger partial charge >= 0.3 is 0 Å². The summed E-state index contributed by atoms with van der Waals surface area (Å²) in [7, 11) is 3.73. The number of rotatable bonds is 5. The number of aliphatic hydroxyl groups excluding tert-OH is 1. The Morgan fingerprint density at radius 3 is 2.35 bits per heavy atom. The summed E-state index contributed by atoms with van der Waals surface area (Å²) in [4.78, 5) is 16.7. The van der Waals surface area contributed by atoms with Crippen molar-refractivity contribution < 1.29 is 5.11 Å². The van der Waals surface area contributed by atoms with Gasteiger partial charge in [-0.3, -0.25) is 0 Å². The minimum atomic E-state index is 0.0805.